The van der Waals surface area contributed by atoms with Gasteiger partial charge in [0, 0.05) is 11.4 Å². The smallest absolute Gasteiger partial charge is 0.405 e. The van der Waals surface area contributed by atoms with Gasteiger partial charge in [0.1, 0.15) is 11.6 Å². The number of benzene rings is 1. The fourth-order valence-corrected chi connectivity index (χ4v) is 1.95. The maximum absolute atomic E-state index is 11.0. The second-order valence-electron chi connectivity index (χ2n) is 5.34. The van der Waals surface area contributed by atoms with Crippen molar-refractivity contribution < 1.29 is 19.4 Å². The Morgan fingerprint density at radius 2 is 2.00 bits per heavy atom. The van der Waals surface area contributed by atoms with Crippen molar-refractivity contribution in [2.45, 2.75) is 31.9 Å². The number of nitrogens with one attached hydrogen (secondary N) is 1. The molecule has 0 aliphatic rings. The Morgan fingerprint density at radius 1 is 1.36 bits per heavy atom. The van der Waals surface area contributed by atoms with E-state index >= 15 is 0 Å². The van der Waals surface area contributed by atoms with E-state index in [2.05, 4.69) is 15.5 Å². The van der Waals surface area contributed by atoms with Crippen LogP contribution in [0, 0.1) is 0 Å². The molecule has 7 nitrogen and oxygen atoms in total. The van der Waals surface area contributed by atoms with Crippen molar-refractivity contribution in [2.75, 3.05) is 0 Å². The van der Waals surface area contributed by atoms with E-state index in [1.54, 1.807) is 24.3 Å². The Bertz CT molecular complexity index is 649. The molecule has 2 aromatic rings. The van der Waals surface area contributed by atoms with Crippen LogP contribution >= 0.6 is 11.6 Å². The molecule has 0 radical (unpaired) electrons. The van der Waals surface area contributed by atoms with Crippen LogP contribution in [0.5, 0.6) is 0 Å². The minimum atomic E-state index is -1.29. The number of amides is 1. The van der Waals surface area contributed by atoms with Crippen LogP contribution in [0.2, 0.25) is 5.02 Å². The third-order valence-corrected chi connectivity index (χ3v) is 3.16. The highest BCUT2D eigenvalue weighted by atomic mass is 35.5. The van der Waals surface area contributed by atoms with E-state index in [0.717, 1.165) is 5.56 Å². The largest absolute Gasteiger partial charge is 0.465 e. The summed E-state index contributed by atoms with van der Waals surface area (Å²) >= 11 is 5.82. The number of hydrogen-bond acceptors (Lipinski definition) is 5. The lowest BCUT2D eigenvalue weighted by Gasteiger charge is -2.14. The highest BCUT2D eigenvalue weighted by Crippen LogP contribution is 2.23. The van der Waals surface area contributed by atoms with Gasteiger partial charge in [-0.2, -0.15) is 0 Å². The first-order chi connectivity index (χ1) is 10.3. The molecule has 0 saturated heterocycles. The zero-order valence-corrected chi connectivity index (χ0v) is 12.8. The van der Waals surface area contributed by atoms with E-state index in [1.807, 2.05) is 0 Å². The van der Waals surface area contributed by atoms with Crippen molar-refractivity contribution in [3.8, 4) is 0 Å². The van der Waals surface area contributed by atoms with Crippen LogP contribution in [0.1, 0.15) is 37.2 Å². The average Bonchev–Trinajstić information content (AvgIpc) is 2.89. The molecule has 0 aliphatic carbocycles. The Kier molecular flexibility index (Phi) is 4.68. The molecule has 0 fully saturated rings. The number of halogens is 1. The Hall–Kier alpha value is -2.12. The summed E-state index contributed by atoms with van der Waals surface area (Å²) in [4.78, 5) is 11.0. The summed E-state index contributed by atoms with van der Waals surface area (Å²) in [6.45, 7) is 3.01. The second kappa shape index (κ2) is 6.33. The molecule has 1 amide bonds. The van der Waals surface area contributed by atoms with Gasteiger partial charge in [-0.1, -0.05) is 23.7 Å². The van der Waals surface area contributed by atoms with Gasteiger partial charge in [0.15, 0.2) is 0 Å². The highest BCUT2D eigenvalue weighted by molar-refractivity contribution is 6.30. The van der Waals surface area contributed by atoms with Crippen LogP contribution in [0.3, 0.4) is 0 Å². The predicted octanol–water partition coefficient (Wildman–Crippen LogP) is 2.50. The second-order valence-corrected chi connectivity index (χ2v) is 5.77. The molecular formula is C14H16ClN3O4. The van der Waals surface area contributed by atoms with Crippen molar-refractivity contribution in [2.24, 2.45) is 0 Å². The van der Waals surface area contributed by atoms with Gasteiger partial charge < -0.3 is 19.9 Å². The molecule has 0 spiro atoms. The summed E-state index contributed by atoms with van der Waals surface area (Å²) in [6, 6.07) is 6.27. The van der Waals surface area contributed by atoms with E-state index in [4.69, 9.17) is 21.1 Å². The first-order valence-corrected chi connectivity index (χ1v) is 6.93. The number of nitrogens with zero attached hydrogens (tertiary/aromatic N) is 2. The predicted molar refractivity (Wildman–Crippen MR) is 78.6 cm³/mol. The molecule has 2 rings (SSSR count). The van der Waals surface area contributed by atoms with E-state index in [0.29, 0.717) is 11.4 Å². The Balaban J connectivity index is 2.24. The monoisotopic (exact) mass is 325 g/mol. The fraction of sp³-hybridized carbons (Fsp3) is 0.357. The fourth-order valence-electron chi connectivity index (χ4n) is 1.83. The normalized spacial score (nSPS) is 12.9. The minimum absolute atomic E-state index is 0.0239. The van der Waals surface area contributed by atoms with Gasteiger partial charge in [-0.15, -0.1) is 10.2 Å². The number of carbonyl (C=O) groups is 1. The quantitative estimate of drug-likeness (QED) is 0.779. The summed E-state index contributed by atoms with van der Waals surface area (Å²) < 4.78 is 5.38. The van der Waals surface area contributed by atoms with Gasteiger partial charge in [0.05, 0.1) is 0 Å². The summed E-state index contributed by atoms with van der Waals surface area (Å²) in [5.74, 6) is 0.116. The molecule has 1 aromatic heterocycles. The number of rotatable bonds is 5. The molecule has 1 aromatic carbocycles. The van der Waals surface area contributed by atoms with Crippen molar-refractivity contribution in [3.63, 3.8) is 0 Å². The molecule has 118 valence electrons. The van der Waals surface area contributed by atoms with Crippen LogP contribution in [-0.4, -0.2) is 26.5 Å². The van der Waals surface area contributed by atoms with Crippen LogP contribution < -0.4 is 5.32 Å². The minimum Gasteiger partial charge on any atom is -0.465 e. The standard InChI is InChI=1S/C14H16ClN3O4/c1-14(2,21)12-18-17-11(22-12)10(16-13(19)20)7-8-3-5-9(15)6-4-8/h3-6,10,16,21H,7H2,1-2H3,(H,19,20). The van der Waals surface area contributed by atoms with Gasteiger partial charge in [0.2, 0.25) is 11.8 Å². The number of hydrogen-bond donors (Lipinski definition) is 3. The Labute approximate surface area is 131 Å². The molecule has 8 heteroatoms. The summed E-state index contributed by atoms with van der Waals surface area (Å²) in [7, 11) is 0. The van der Waals surface area contributed by atoms with Gasteiger partial charge in [-0.3, -0.25) is 0 Å². The van der Waals surface area contributed by atoms with Gasteiger partial charge in [0.25, 0.3) is 0 Å². The van der Waals surface area contributed by atoms with Crippen LogP contribution in [0.15, 0.2) is 28.7 Å². The van der Waals surface area contributed by atoms with Crippen molar-refractivity contribution in [1.29, 1.82) is 0 Å². The van der Waals surface area contributed by atoms with E-state index in [9.17, 15) is 9.90 Å². The van der Waals surface area contributed by atoms with Crippen LogP contribution in [0.25, 0.3) is 0 Å². The summed E-state index contributed by atoms with van der Waals surface area (Å²) in [5, 5.41) is 29.3. The van der Waals surface area contributed by atoms with Crippen molar-refractivity contribution in [3.05, 3.63) is 46.6 Å². The molecule has 22 heavy (non-hydrogen) atoms. The zero-order valence-electron chi connectivity index (χ0n) is 12.1. The maximum atomic E-state index is 11.0. The number of aromatic nitrogens is 2. The summed E-state index contributed by atoms with van der Waals surface area (Å²) in [6.07, 6.45) is -0.890. The maximum Gasteiger partial charge on any atom is 0.405 e. The third kappa shape index (κ3) is 4.19. The van der Waals surface area contributed by atoms with Gasteiger partial charge in [-0.05, 0) is 31.5 Å². The Morgan fingerprint density at radius 3 is 2.50 bits per heavy atom. The van der Waals surface area contributed by atoms with E-state index in [1.165, 1.54) is 13.8 Å². The molecular weight excluding hydrogens is 310 g/mol. The SMILES string of the molecule is CC(C)(O)c1nnc(C(Cc2ccc(Cl)cc2)NC(=O)O)o1. The highest BCUT2D eigenvalue weighted by Gasteiger charge is 2.27. The molecule has 1 unspecified atom stereocenters. The van der Waals surface area contributed by atoms with E-state index < -0.39 is 17.7 Å². The molecule has 0 bridgehead atoms. The third-order valence-electron chi connectivity index (χ3n) is 2.91. The molecule has 0 saturated carbocycles. The average molecular weight is 326 g/mol. The molecule has 1 heterocycles. The van der Waals surface area contributed by atoms with Crippen molar-refractivity contribution >= 4 is 17.7 Å². The zero-order chi connectivity index (χ0) is 16.3. The van der Waals surface area contributed by atoms with Gasteiger partial charge in [-0.25, -0.2) is 4.79 Å². The topological polar surface area (TPSA) is 108 Å². The number of carboxylic acid groups (broad SMARTS) is 1. The summed E-state index contributed by atoms with van der Waals surface area (Å²) in [5.41, 5.74) is -0.439. The first-order valence-electron chi connectivity index (χ1n) is 6.56. The lowest BCUT2D eigenvalue weighted by atomic mass is 10.1. The molecule has 1 atom stereocenters. The number of aliphatic hydroxyl groups is 1. The van der Waals surface area contributed by atoms with Crippen LogP contribution in [0.4, 0.5) is 4.79 Å². The van der Waals surface area contributed by atoms with Crippen LogP contribution in [-0.2, 0) is 12.0 Å². The molecule has 3 N–H and O–H groups in total. The molecule has 0 aliphatic heterocycles. The first kappa shape index (κ1) is 16.3. The van der Waals surface area contributed by atoms with Crippen molar-refractivity contribution in [1.82, 2.24) is 15.5 Å². The lowest BCUT2D eigenvalue weighted by molar-refractivity contribution is 0.0464. The van der Waals surface area contributed by atoms with Gasteiger partial charge >= 0.3 is 6.09 Å². The lowest BCUT2D eigenvalue weighted by Crippen LogP contribution is -2.28. The van der Waals surface area contributed by atoms with E-state index in [-0.39, 0.29) is 11.8 Å².